The molecule has 21 heavy (non-hydrogen) atoms. The van der Waals surface area contributed by atoms with E-state index < -0.39 is 23.5 Å². The monoisotopic (exact) mass is 291 g/mol. The van der Waals surface area contributed by atoms with Gasteiger partial charge in [0.2, 0.25) is 0 Å². The van der Waals surface area contributed by atoms with E-state index >= 15 is 0 Å². The Morgan fingerprint density at radius 2 is 1.52 bits per heavy atom. The minimum absolute atomic E-state index is 0.298. The van der Waals surface area contributed by atoms with E-state index in [9.17, 15) is 13.2 Å². The average molecular weight is 291 g/mol. The highest BCUT2D eigenvalue weighted by Crippen LogP contribution is 2.37. The van der Waals surface area contributed by atoms with Crippen LogP contribution in [0.4, 0.5) is 13.2 Å². The minimum atomic E-state index is -0.955. The third-order valence-electron chi connectivity index (χ3n) is 4.23. The fraction of sp³-hybridized carbons (Fsp3) is 0.294. The molecule has 0 aromatic heterocycles. The molecule has 0 radical (unpaired) electrons. The quantitative estimate of drug-likeness (QED) is 0.890. The standard InChI is InChI=1S/C17H16F3N/c18-13-8-14(19)16(15(20)9-13)17(21)12-6-4-11(5-7-12)10-2-1-3-10/h4-10,17H,1-3,21H2. The molecule has 2 aromatic carbocycles. The number of nitrogens with two attached hydrogens (primary N) is 1. The Bertz CT molecular complexity index is 625. The molecule has 1 unspecified atom stereocenters. The zero-order chi connectivity index (χ0) is 15.0. The van der Waals surface area contributed by atoms with Crippen LogP contribution in [0.1, 0.15) is 47.9 Å². The zero-order valence-electron chi connectivity index (χ0n) is 11.5. The van der Waals surface area contributed by atoms with Gasteiger partial charge in [0, 0.05) is 17.7 Å². The second-order valence-corrected chi connectivity index (χ2v) is 5.56. The van der Waals surface area contributed by atoms with Crippen LogP contribution in [0.5, 0.6) is 0 Å². The van der Waals surface area contributed by atoms with Gasteiger partial charge < -0.3 is 5.73 Å². The van der Waals surface area contributed by atoms with Gasteiger partial charge in [-0.3, -0.25) is 0 Å². The summed E-state index contributed by atoms with van der Waals surface area (Å²) in [6.45, 7) is 0. The van der Waals surface area contributed by atoms with E-state index in [4.69, 9.17) is 5.73 Å². The number of halogens is 3. The molecular weight excluding hydrogens is 275 g/mol. The lowest BCUT2D eigenvalue weighted by molar-refractivity contribution is 0.419. The summed E-state index contributed by atoms with van der Waals surface area (Å²) in [5, 5.41) is 0. The lowest BCUT2D eigenvalue weighted by Crippen LogP contribution is -2.16. The van der Waals surface area contributed by atoms with E-state index in [1.807, 2.05) is 12.1 Å². The van der Waals surface area contributed by atoms with E-state index in [-0.39, 0.29) is 5.56 Å². The molecule has 110 valence electrons. The maximum Gasteiger partial charge on any atom is 0.134 e. The Balaban J connectivity index is 1.89. The van der Waals surface area contributed by atoms with Crippen LogP contribution in [-0.4, -0.2) is 0 Å². The molecule has 1 fully saturated rings. The summed E-state index contributed by atoms with van der Waals surface area (Å²) in [6.07, 6.45) is 3.62. The summed E-state index contributed by atoms with van der Waals surface area (Å²) in [7, 11) is 0. The number of benzene rings is 2. The van der Waals surface area contributed by atoms with Crippen LogP contribution < -0.4 is 5.73 Å². The van der Waals surface area contributed by atoms with E-state index in [0.29, 0.717) is 23.6 Å². The molecule has 2 aromatic rings. The second-order valence-electron chi connectivity index (χ2n) is 5.56. The average Bonchev–Trinajstić information content (AvgIpc) is 2.36. The van der Waals surface area contributed by atoms with E-state index in [1.165, 1.54) is 24.8 Å². The molecule has 1 aliphatic carbocycles. The van der Waals surface area contributed by atoms with Crippen molar-refractivity contribution in [2.24, 2.45) is 5.73 Å². The predicted molar refractivity (Wildman–Crippen MR) is 75.4 cm³/mol. The SMILES string of the molecule is NC(c1ccc(C2CCC2)cc1)c1c(F)cc(F)cc1F. The number of hydrogen-bond donors (Lipinski definition) is 1. The molecular formula is C17H16F3N. The summed E-state index contributed by atoms with van der Waals surface area (Å²) in [5.41, 5.74) is 7.49. The molecule has 3 rings (SSSR count). The van der Waals surface area contributed by atoms with Crippen LogP contribution in [0.25, 0.3) is 0 Å². The van der Waals surface area contributed by atoms with Crippen molar-refractivity contribution < 1.29 is 13.2 Å². The van der Waals surface area contributed by atoms with E-state index in [1.54, 1.807) is 12.1 Å². The van der Waals surface area contributed by atoms with Crippen molar-refractivity contribution in [3.05, 3.63) is 70.5 Å². The van der Waals surface area contributed by atoms with Gasteiger partial charge >= 0.3 is 0 Å². The first-order chi connectivity index (χ1) is 10.1. The van der Waals surface area contributed by atoms with Crippen LogP contribution in [-0.2, 0) is 0 Å². The topological polar surface area (TPSA) is 26.0 Å². The van der Waals surface area contributed by atoms with Gasteiger partial charge in [0.15, 0.2) is 0 Å². The highest BCUT2D eigenvalue weighted by molar-refractivity contribution is 5.36. The molecule has 4 heteroatoms. The van der Waals surface area contributed by atoms with Crippen LogP contribution >= 0.6 is 0 Å². The van der Waals surface area contributed by atoms with Crippen molar-refractivity contribution in [1.29, 1.82) is 0 Å². The Hall–Kier alpha value is -1.81. The minimum Gasteiger partial charge on any atom is -0.320 e. The van der Waals surface area contributed by atoms with Crippen molar-refractivity contribution in [2.45, 2.75) is 31.2 Å². The van der Waals surface area contributed by atoms with Gasteiger partial charge in [-0.25, -0.2) is 13.2 Å². The van der Waals surface area contributed by atoms with E-state index in [2.05, 4.69) is 0 Å². The Morgan fingerprint density at radius 3 is 2.00 bits per heavy atom. The summed E-state index contributed by atoms with van der Waals surface area (Å²) in [5.74, 6) is -2.26. The molecule has 0 spiro atoms. The Labute approximate surface area is 121 Å². The molecule has 1 nitrogen and oxygen atoms in total. The van der Waals surface area contributed by atoms with Gasteiger partial charge in [-0.15, -0.1) is 0 Å². The van der Waals surface area contributed by atoms with Crippen molar-refractivity contribution in [1.82, 2.24) is 0 Å². The normalized spacial score (nSPS) is 16.6. The molecule has 0 bridgehead atoms. The highest BCUT2D eigenvalue weighted by Gasteiger charge is 2.22. The first-order valence-electron chi connectivity index (χ1n) is 7.06. The number of rotatable bonds is 3. The van der Waals surface area contributed by atoms with Gasteiger partial charge in [0.1, 0.15) is 17.5 Å². The van der Waals surface area contributed by atoms with Gasteiger partial charge in [-0.1, -0.05) is 30.7 Å². The van der Waals surface area contributed by atoms with Crippen molar-refractivity contribution in [3.63, 3.8) is 0 Å². The first kappa shape index (κ1) is 14.1. The molecule has 0 amide bonds. The van der Waals surface area contributed by atoms with Crippen LogP contribution in [0.3, 0.4) is 0 Å². The van der Waals surface area contributed by atoms with Gasteiger partial charge in [-0.05, 0) is 29.9 Å². The molecule has 1 saturated carbocycles. The predicted octanol–water partition coefficient (Wildman–Crippen LogP) is 4.42. The zero-order valence-corrected chi connectivity index (χ0v) is 11.5. The van der Waals surface area contributed by atoms with Crippen LogP contribution in [0, 0.1) is 17.5 Å². The summed E-state index contributed by atoms with van der Waals surface area (Å²) < 4.78 is 40.5. The van der Waals surface area contributed by atoms with Crippen LogP contribution in [0.2, 0.25) is 0 Å². The van der Waals surface area contributed by atoms with Crippen LogP contribution in [0.15, 0.2) is 36.4 Å². The van der Waals surface area contributed by atoms with Crippen molar-refractivity contribution in [3.8, 4) is 0 Å². The summed E-state index contributed by atoms with van der Waals surface area (Å²) in [4.78, 5) is 0. The van der Waals surface area contributed by atoms with Gasteiger partial charge in [0.05, 0.1) is 6.04 Å². The van der Waals surface area contributed by atoms with Crippen molar-refractivity contribution >= 4 is 0 Å². The molecule has 0 saturated heterocycles. The van der Waals surface area contributed by atoms with Crippen molar-refractivity contribution in [2.75, 3.05) is 0 Å². The first-order valence-corrected chi connectivity index (χ1v) is 7.06. The van der Waals surface area contributed by atoms with Gasteiger partial charge in [0.25, 0.3) is 0 Å². The molecule has 1 aliphatic rings. The molecule has 0 heterocycles. The molecule has 1 atom stereocenters. The molecule has 0 aliphatic heterocycles. The lowest BCUT2D eigenvalue weighted by atomic mass is 9.79. The smallest absolute Gasteiger partial charge is 0.134 e. The maximum absolute atomic E-state index is 13.8. The van der Waals surface area contributed by atoms with E-state index in [0.717, 1.165) is 0 Å². The molecule has 2 N–H and O–H groups in total. The fourth-order valence-corrected chi connectivity index (χ4v) is 2.73. The number of hydrogen-bond acceptors (Lipinski definition) is 1. The van der Waals surface area contributed by atoms with Gasteiger partial charge in [-0.2, -0.15) is 0 Å². The maximum atomic E-state index is 13.8. The second kappa shape index (κ2) is 5.53. The fourth-order valence-electron chi connectivity index (χ4n) is 2.73. The Kier molecular flexibility index (Phi) is 3.72. The summed E-state index contributed by atoms with van der Waals surface area (Å²) in [6, 6.07) is 7.86. The summed E-state index contributed by atoms with van der Waals surface area (Å²) >= 11 is 0. The largest absolute Gasteiger partial charge is 0.320 e. The third-order valence-corrected chi connectivity index (χ3v) is 4.23. The highest BCUT2D eigenvalue weighted by atomic mass is 19.1. The Morgan fingerprint density at radius 1 is 0.952 bits per heavy atom. The third kappa shape index (κ3) is 2.68. The lowest BCUT2D eigenvalue weighted by Gasteiger charge is -2.26.